The second kappa shape index (κ2) is 4.83. The molecule has 8 heteroatoms. The number of carbonyl (C=O) groups excluding carboxylic acids is 1. The SMILES string of the molecule is CC(=O)OC(C[N+](=O)[O-])C(Cl)(Cl)Cl. The molecule has 0 bridgehead atoms. The van der Waals surface area contributed by atoms with E-state index < -0.39 is 27.3 Å². The van der Waals surface area contributed by atoms with Gasteiger partial charge in [0.05, 0.1) is 0 Å². The minimum absolute atomic E-state index is 0.727. The Balaban J connectivity index is 4.37. The number of nitro groups is 1. The lowest BCUT2D eigenvalue weighted by Crippen LogP contribution is -2.36. The molecule has 0 saturated carbocycles. The molecule has 0 amide bonds. The molecular weight excluding hydrogens is 244 g/mol. The maximum Gasteiger partial charge on any atom is 0.303 e. The van der Waals surface area contributed by atoms with E-state index in [1.54, 1.807) is 0 Å². The van der Waals surface area contributed by atoms with Gasteiger partial charge in [-0.1, -0.05) is 34.8 Å². The second-order valence-corrected chi connectivity index (χ2v) is 4.52. The fraction of sp³-hybridized carbons (Fsp3) is 0.800. The zero-order valence-electron chi connectivity index (χ0n) is 6.50. The van der Waals surface area contributed by atoms with Gasteiger partial charge in [0, 0.05) is 11.8 Å². The summed E-state index contributed by atoms with van der Waals surface area (Å²) < 4.78 is 2.46. The molecule has 0 aromatic rings. The topological polar surface area (TPSA) is 69.4 Å². The summed E-state index contributed by atoms with van der Waals surface area (Å²) in [6.07, 6.45) is -1.37. The van der Waals surface area contributed by atoms with Gasteiger partial charge in [-0.15, -0.1) is 0 Å². The predicted molar refractivity (Wildman–Crippen MR) is 47.7 cm³/mol. The predicted octanol–water partition coefficient (Wildman–Crippen LogP) is 1.56. The van der Waals surface area contributed by atoms with E-state index >= 15 is 0 Å². The van der Waals surface area contributed by atoms with Crippen LogP contribution < -0.4 is 0 Å². The van der Waals surface area contributed by atoms with E-state index in [0.717, 1.165) is 6.92 Å². The summed E-state index contributed by atoms with van der Waals surface area (Å²) in [7, 11) is 0. The van der Waals surface area contributed by atoms with Crippen LogP contribution in [0.2, 0.25) is 0 Å². The Morgan fingerprint density at radius 1 is 1.62 bits per heavy atom. The molecule has 0 radical (unpaired) electrons. The normalized spacial score (nSPS) is 13.5. The van der Waals surface area contributed by atoms with Crippen molar-refractivity contribution in [2.45, 2.75) is 16.8 Å². The molecule has 0 aliphatic heterocycles. The molecule has 0 saturated heterocycles. The van der Waals surface area contributed by atoms with Crippen molar-refractivity contribution < 1.29 is 14.5 Å². The summed E-state index contributed by atoms with van der Waals surface area (Å²) in [6.45, 7) is 0.333. The van der Waals surface area contributed by atoms with Gasteiger partial charge in [-0.05, 0) is 0 Å². The summed E-state index contributed by atoms with van der Waals surface area (Å²) in [4.78, 5) is 19.8. The Kier molecular flexibility index (Phi) is 4.74. The van der Waals surface area contributed by atoms with E-state index in [4.69, 9.17) is 34.8 Å². The third-order valence-electron chi connectivity index (χ3n) is 0.988. The van der Waals surface area contributed by atoms with Crippen molar-refractivity contribution in [3.8, 4) is 0 Å². The summed E-state index contributed by atoms with van der Waals surface area (Å²) in [5, 5.41) is 10.1. The smallest absolute Gasteiger partial charge is 0.303 e. The highest BCUT2D eigenvalue weighted by molar-refractivity contribution is 6.68. The number of nitrogens with zero attached hydrogens (tertiary/aromatic N) is 1. The van der Waals surface area contributed by atoms with Gasteiger partial charge in [0.1, 0.15) is 0 Å². The minimum atomic E-state index is -1.99. The van der Waals surface area contributed by atoms with Gasteiger partial charge in [0.25, 0.3) is 0 Å². The van der Waals surface area contributed by atoms with E-state index in [1.165, 1.54) is 0 Å². The largest absolute Gasteiger partial charge is 0.451 e. The number of carbonyl (C=O) groups is 1. The van der Waals surface area contributed by atoms with Crippen molar-refractivity contribution in [1.82, 2.24) is 0 Å². The van der Waals surface area contributed by atoms with Crippen LogP contribution in [0.25, 0.3) is 0 Å². The average molecular weight is 250 g/mol. The molecular formula is C5H6Cl3NO4. The molecule has 0 N–H and O–H groups in total. The van der Waals surface area contributed by atoms with Crippen molar-refractivity contribution >= 4 is 40.8 Å². The molecule has 13 heavy (non-hydrogen) atoms. The van der Waals surface area contributed by atoms with E-state index in [2.05, 4.69) is 4.74 Å². The number of alkyl halides is 3. The van der Waals surface area contributed by atoms with Crippen molar-refractivity contribution in [2.24, 2.45) is 0 Å². The van der Waals surface area contributed by atoms with Crippen molar-refractivity contribution in [3.63, 3.8) is 0 Å². The van der Waals surface area contributed by atoms with Gasteiger partial charge in [-0.25, -0.2) is 0 Å². The number of hydrogen-bond donors (Lipinski definition) is 0. The Hall–Kier alpha value is -0.260. The first kappa shape index (κ1) is 12.7. The zero-order chi connectivity index (χ0) is 10.6. The molecule has 0 aromatic heterocycles. The zero-order valence-corrected chi connectivity index (χ0v) is 8.77. The highest BCUT2D eigenvalue weighted by Crippen LogP contribution is 2.32. The molecule has 1 unspecified atom stereocenters. The molecule has 0 fully saturated rings. The monoisotopic (exact) mass is 249 g/mol. The highest BCUT2D eigenvalue weighted by atomic mass is 35.6. The van der Waals surface area contributed by atoms with E-state index in [-0.39, 0.29) is 0 Å². The first-order valence-corrected chi connectivity index (χ1v) is 4.22. The maximum absolute atomic E-state index is 10.5. The van der Waals surface area contributed by atoms with E-state index in [0.29, 0.717) is 0 Å². The van der Waals surface area contributed by atoms with Gasteiger partial charge < -0.3 is 4.74 Å². The fourth-order valence-corrected chi connectivity index (χ4v) is 0.884. The average Bonchev–Trinajstić information content (AvgIpc) is 1.81. The molecule has 0 aliphatic carbocycles. The van der Waals surface area contributed by atoms with Crippen LogP contribution in [0.5, 0.6) is 0 Å². The standard InChI is InChI=1S/C5H6Cl3NO4/c1-3(10)13-4(2-9(11)12)5(6,7)8/h4H,2H2,1H3. The van der Waals surface area contributed by atoms with Crippen LogP contribution in [0.1, 0.15) is 6.92 Å². The number of ether oxygens (including phenoxy) is 1. The first-order chi connectivity index (χ1) is 5.73. The van der Waals surface area contributed by atoms with Gasteiger partial charge in [0.2, 0.25) is 16.4 Å². The number of hydrogen-bond acceptors (Lipinski definition) is 4. The molecule has 5 nitrogen and oxygen atoms in total. The number of esters is 1. The summed E-state index contributed by atoms with van der Waals surface area (Å²) in [5.41, 5.74) is 0. The summed E-state index contributed by atoms with van der Waals surface area (Å²) in [6, 6.07) is 0. The Morgan fingerprint density at radius 2 is 2.08 bits per heavy atom. The summed E-state index contributed by atoms with van der Waals surface area (Å²) in [5.74, 6) is -0.738. The van der Waals surface area contributed by atoms with Gasteiger partial charge in [0.15, 0.2) is 0 Å². The Labute approximate surface area is 89.0 Å². The Bertz CT molecular complexity index is 198. The van der Waals surface area contributed by atoms with E-state index in [1.807, 2.05) is 0 Å². The number of halogens is 3. The van der Waals surface area contributed by atoms with Crippen LogP contribution in [0.3, 0.4) is 0 Å². The maximum atomic E-state index is 10.5. The minimum Gasteiger partial charge on any atom is -0.451 e. The molecule has 1 atom stereocenters. The van der Waals surface area contributed by atoms with Crippen LogP contribution in [0.15, 0.2) is 0 Å². The van der Waals surface area contributed by atoms with Crippen LogP contribution in [-0.4, -0.2) is 27.3 Å². The van der Waals surface area contributed by atoms with Gasteiger partial charge in [-0.2, -0.15) is 0 Å². The first-order valence-electron chi connectivity index (χ1n) is 3.09. The van der Waals surface area contributed by atoms with E-state index in [9.17, 15) is 14.9 Å². The molecule has 76 valence electrons. The van der Waals surface area contributed by atoms with Crippen molar-refractivity contribution in [1.29, 1.82) is 0 Å². The van der Waals surface area contributed by atoms with Gasteiger partial charge in [-0.3, -0.25) is 14.9 Å². The third-order valence-corrected chi connectivity index (χ3v) is 1.72. The third kappa shape index (κ3) is 5.90. The lowest BCUT2D eigenvalue weighted by atomic mass is 10.4. The van der Waals surface area contributed by atoms with Crippen LogP contribution in [0, 0.1) is 10.1 Å². The molecule has 0 aromatic carbocycles. The lowest BCUT2D eigenvalue weighted by Gasteiger charge is -2.19. The lowest BCUT2D eigenvalue weighted by molar-refractivity contribution is -0.489. The highest BCUT2D eigenvalue weighted by Gasteiger charge is 2.39. The summed E-state index contributed by atoms with van der Waals surface area (Å²) >= 11 is 16.0. The van der Waals surface area contributed by atoms with Gasteiger partial charge >= 0.3 is 5.97 Å². The van der Waals surface area contributed by atoms with Crippen LogP contribution in [0.4, 0.5) is 0 Å². The quantitative estimate of drug-likeness (QED) is 0.330. The molecule has 0 rings (SSSR count). The fourth-order valence-electron chi connectivity index (χ4n) is 0.543. The van der Waals surface area contributed by atoms with Crippen LogP contribution in [-0.2, 0) is 9.53 Å². The van der Waals surface area contributed by atoms with Crippen LogP contribution >= 0.6 is 34.8 Å². The Morgan fingerprint density at radius 3 is 2.31 bits per heavy atom. The molecule has 0 aliphatic rings. The van der Waals surface area contributed by atoms with Crippen molar-refractivity contribution in [2.75, 3.05) is 6.54 Å². The second-order valence-electron chi connectivity index (χ2n) is 2.15. The molecule has 0 spiro atoms. The van der Waals surface area contributed by atoms with Crippen molar-refractivity contribution in [3.05, 3.63) is 10.1 Å². The molecule has 0 heterocycles. The number of rotatable bonds is 3.